The summed E-state index contributed by atoms with van der Waals surface area (Å²) in [5.74, 6) is 0.903. The summed E-state index contributed by atoms with van der Waals surface area (Å²) in [4.78, 5) is 14.3. The average molecular weight is 277 g/mol. The minimum Gasteiger partial charge on any atom is -0.497 e. The molecule has 1 fully saturated rings. The Morgan fingerprint density at radius 1 is 1.30 bits per heavy atom. The van der Waals surface area contributed by atoms with E-state index in [1.807, 2.05) is 29.2 Å². The molecule has 4 nitrogen and oxygen atoms in total. The summed E-state index contributed by atoms with van der Waals surface area (Å²) in [6.07, 6.45) is 4.57. The lowest BCUT2D eigenvalue weighted by Crippen LogP contribution is -2.42. The zero-order valence-corrected chi connectivity index (χ0v) is 12.0. The van der Waals surface area contributed by atoms with Crippen LogP contribution in [0.1, 0.15) is 31.2 Å². The van der Waals surface area contributed by atoms with Crippen LogP contribution >= 0.6 is 0 Å². The number of carbonyl (C=O) groups excluding carboxylic acids is 1. The Hall–Kier alpha value is -1.55. The van der Waals surface area contributed by atoms with Gasteiger partial charge in [-0.05, 0) is 30.5 Å². The molecule has 1 N–H and O–H groups in total. The van der Waals surface area contributed by atoms with E-state index in [9.17, 15) is 9.90 Å². The second kappa shape index (κ2) is 7.29. The zero-order valence-electron chi connectivity index (χ0n) is 12.0. The quantitative estimate of drug-likeness (QED) is 0.916. The van der Waals surface area contributed by atoms with Crippen molar-refractivity contribution < 1.29 is 14.6 Å². The third kappa shape index (κ3) is 3.73. The fourth-order valence-corrected chi connectivity index (χ4v) is 2.72. The second-order valence-electron chi connectivity index (χ2n) is 5.30. The normalized spacial score (nSPS) is 19.5. The van der Waals surface area contributed by atoms with Gasteiger partial charge in [-0.2, -0.15) is 0 Å². The molecule has 4 heteroatoms. The monoisotopic (exact) mass is 277 g/mol. The second-order valence-corrected chi connectivity index (χ2v) is 5.30. The van der Waals surface area contributed by atoms with Crippen molar-refractivity contribution in [3.63, 3.8) is 0 Å². The Kier molecular flexibility index (Phi) is 5.41. The maximum Gasteiger partial charge on any atom is 0.227 e. The molecule has 1 aliphatic rings. The summed E-state index contributed by atoms with van der Waals surface area (Å²) in [5.41, 5.74) is 0.983. The van der Waals surface area contributed by atoms with E-state index in [-0.39, 0.29) is 18.6 Å². The molecule has 0 aromatic heterocycles. The van der Waals surface area contributed by atoms with E-state index in [1.165, 1.54) is 0 Å². The van der Waals surface area contributed by atoms with E-state index in [4.69, 9.17) is 4.74 Å². The first-order valence-electron chi connectivity index (χ1n) is 7.28. The van der Waals surface area contributed by atoms with E-state index in [2.05, 4.69) is 0 Å². The lowest BCUT2D eigenvalue weighted by atomic mass is 10.1. The van der Waals surface area contributed by atoms with Crippen LogP contribution in [0, 0.1) is 0 Å². The Morgan fingerprint density at radius 2 is 2.05 bits per heavy atom. The van der Waals surface area contributed by atoms with Gasteiger partial charge in [-0.1, -0.05) is 25.0 Å². The van der Waals surface area contributed by atoms with Gasteiger partial charge in [-0.3, -0.25) is 4.79 Å². The Bertz CT molecular complexity index is 430. The van der Waals surface area contributed by atoms with Crippen molar-refractivity contribution in [2.24, 2.45) is 0 Å². The number of carbonyl (C=O) groups is 1. The van der Waals surface area contributed by atoms with Crippen LogP contribution in [0.25, 0.3) is 0 Å². The average Bonchev–Trinajstić information content (AvgIpc) is 2.73. The summed E-state index contributed by atoms with van der Waals surface area (Å²) in [7, 11) is 1.63. The first-order chi connectivity index (χ1) is 9.74. The molecule has 110 valence electrons. The molecule has 1 amide bonds. The molecule has 20 heavy (non-hydrogen) atoms. The van der Waals surface area contributed by atoms with Crippen molar-refractivity contribution in [2.45, 2.75) is 38.1 Å². The summed E-state index contributed by atoms with van der Waals surface area (Å²) in [5, 5.41) is 9.46. The van der Waals surface area contributed by atoms with E-state index < -0.39 is 0 Å². The van der Waals surface area contributed by atoms with Crippen LogP contribution in [0.2, 0.25) is 0 Å². The van der Waals surface area contributed by atoms with E-state index >= 15 is 0 Å². The first kappa shape index (κ1) is 14.9. The number of ether oxygens (including phenoxy) is 1. The van der Waals surface area contributed by atoms with Gasteiger partial charge in [0.2, 0.25) is 5.91 Å². The number of hydrogen-bond donors (Lipinski definition) is 1. The highest BCUT2D eigenvalue weighted by Gasteiger charge is 2.24. The zero-order chi connectivity index (χ0) is 14.4. The highest BCUT2D eigenvalue weighted by molar-refractivity contribution is 5.79. The third-order valence-corrected chi connectivity index (χ3v) is 3.92. The van der Waals surface area contributed by atoms with Gasteiger partial charge in [0.05, 0.1) is 26.2 Å². The van der Waals surface area contributed by atoms with E-state index in [0.29, 0.717) is 6.42 Å². The molecular formula is C16H23NO3. The maximum absolute atomic E-state index is 12.4. The molecule has 0 aliphatic carbocycles. The summed E-state index contributed by atoms with van der Waals surface area (Å²) < 4.78 is 5.11. The first-order valence-corrected chi connectivity index (χ1v) is 7.28. The molecule has 1 aliphatic heterocycles. The predicted molar refractivity (Wildman–Crippen MR) is 77.8 cm³/mol. The van der Waals surface area contributed by atoms with Gasteiger partial charge in [0, 0.05) is 6.54 Å². The molecule has 1 unspecified atom stereocenters. The van der Waals surface area contributed by atoms with Crippen molar-refractivity contribution in [1.29, 1.82) is 0 Å². The summed E-state index contributed by atoms with van der Waals surface area (Å²) in [6.45, 7) is 0.828. The third-order valence-electron chi connectivity index (χ3n) is 3.92. The molecule has 1 saturated heterocycles. The Labute approximate surface area is 120 Å². The minimum atomic E-state index is -0.0109. The van der Waals surface area contributed by atoms with Crippen molar-refractivity contribution in [2.75, 3.05) is 20.3 Å². The van der Waals surface area contributed by atoms with Crippen LogP contribution in [-0.4, -0.2) is 42.2 Å². The number of rotatable bonds is 4. The van der Waals surface area contributed by atoms with Crippen LogP contribution in [0.15, 0.2) is 24.3 Å². The number of likely N-dealkylation sites (tertiary alicyclic amines) is 1. The van der Waals surface area contributed by atoms with Gasteiger partial charge in [0.15, 0.2) is 0 Å². The Balaban J connectivity index is 2.01. The lowest BCUT2D eigenvalue weighted by molar-refractivity contribution is -0.133. The van der Waals surface area contributed by atoms with Crippen LogP contribution in [0.4, 0.5) is 0 Å². The molecule has 1 aromatic rings. The highest BCUT2D eigenvalue weighted by Crippen LogP contribution is 2.18. The number of hydrogen-bond acceptors (Lipinski definition) is 3. The van der Waals surface area contributed by atoms with Gasteiger partial charge in [0.1, 0.15) is 5.75 Å². The smallest absolute Gasteiger partial charge is 0.227 e. The lowest BCUT2D eigenvalue weighted by Gasteiger charge is -2.28. The number of methoxy groups -OCH3 is 1. The number of benzene rings is 1. The van der Waals surface area contributed by atoms with Crippen LogP contribution < -0.4 is 4.74 Å². The number of aliphatic hydroxyl groups is 1. The van der Waals surface area contributed by atoms with Crippen LogP contribution in [-0.2, 0) is 11.2 Å². The fourth-order valence-electron chi connectivity index (χ4n) is 2.72. The Morgan fingerprint density at radius 3 is 2.70 bits per heavy atom. The maximum atomic E-state index is 12.4. The molecule has 0 bridgehead atoms. The van der Waals surface area contributed by atoms with Crippen LogP contribution in [0.3, 0.4) is 0 Å². The van der Waals surface area contributed by atoms with Gasteiger partial charge in [0.25, 0.3) is 0 Å². The van der Waals surface area contributed by atoms with E-state index in [1.54, 1.807) is 7.11 Å². The molecule has 0 spiro atoms. The molecule has 1 atom stereocenters. The molecule has 2 rings (SSSR count). The van der Waals surface area contributed by atoms with Crippen molar-refractivity contribution in [1.82, 2.24) is 4.90 Å². The number of amides is 1. The van der Waals surface area contributed by atoms with Crippen molar-refractivity contribution >= 4 is 5.91 Å². The van der Waals surface area contributed by atoms with Gasteiger partial charge in [-0.25, -0.2) is 0 Å². The molecule has 0 radical (unpaired) electrons. The molecule has 1 aromatic carbocycles. The van der Waals surface area contributed by atoms with E-state index in [0.717, 1.165) is 43.5 Å². The molecule has 0 saturated carbocycles. The predicted octanol–water partition coefficient (Wildman–Crippen LogP) is 2.00. The van der Waals surface area contributed by atoms with Crippen LogP contribution in [0.5, 0.6) is 5.75 Å². The van der Waals surface area contributed by atoms with Gasteiger partial charge >= 0.3 is 0 Å². The largest absolute Gasteiger partial charge is 0.497 e. The molecule has 1 heterocycles. The minimum absolute atomic E-state index is 0.0109. The van der Waals surface area contributed by atoms with Gasteiger partial charge < -0.3 is 14.7 Å². The van der Waals surface area contributed by atoms with Crippen molar-refractivity contribution in [3.8, 4) is 5.75 Å². The molecular weight excluding hydrogens is 254 g/mol. The fraction of sp³-hybridized carbons (Fsp3) is 0.562. The summed E-state index contributed by atoms with van der Waals surface area (Å²) >= 11 is 0. The number of nitrogens with zero attached hydrogens (tertiary/aromatic N) is 1. The standard InChI is InChI=1S/C16H23NO3/c1-20-15-8-6-13(7-9-15)11-16(19)17-10-4-2-3-5-14(17)12-18/h6-9,14,18H,2-5,10-12H2,1H3. The highest BCUT2D eigenvalue weighted by atomic mass is 16.5. The summed E-state index contributed by atoms with van der Waals surface area (Å²) in [6, 6.07) is 7.57. The SMILES string of the molecule is COc1ccc(CC(=O)N2CCCCCC2CO)cc1. The van der Waals surface area contributed by atoms with Gasteiger partial charge in [-0.15, -0.1) is 0 Å². The number of aliphatic hydroxyl groups excluding tert-OH is 1. The topological polar surface area (TPSA) is 49.8 Å². The van der Waals surface area contributed by atoms with Crippen molar-refractivity contribution in [3.05, 3.63) is 29.8 Å².